The molecule has 3 heteroatoms. The molecule has 0 radical (unpaired) electrons. The summed E-state index contributed by atoms with van der Waals surface area (Å²) in [5, 5.41) is 0. The molecule has 0 saturated carbocycles. The normalized spacial score (nSPS) is 13.6. The average molecular weight is 144 g/mol. The van der Waals surface area contributed by atoms with Crippen molar-refractivity contribution in [3.63, 3.8) is 0 Å². The van der Waals surface area contributed by atoms with Crippen molar-refractivity contribution in [2.24, 2.45) is 11.7 Å². The van der Waals surface area contributed by atoms with Gasteiger partial charge in [0.1, 0.15) is 0 Å². The SMILES string of the molecule is CCC(CN(C)C)C(N)=O. The summed E-state index contributed by atoms with van der Waals surface area (Å²) in [7, 11) is 3.87. The Morgan fingerprint density at radius 3 is 2.20 bits per heavy atom. The first-order valence-corrected chi connectivity index (χ1v) is 3.52. The third-order valence-electron chi connectivity index (χ3n) is 1.48. The van der Waals surface area contributed by atoms with Gasteiger partial charge >= 0.3 is 0 Å². The van der Waals surface area contributed by atoms with Gasteiger partial charge in [0.2, 0.25) is 5.91 Å². The minimum atomic E-state index is -0.198. The number of rotatable bonds is 4. The van der Waals surface area contributed by atoms with Crippen LogP contribution in [0.25, 0.3) is 0 Å². The van der Waals surface area contributed by atoms with Gasteiger partial charge in [-0.3, -0.25) is 4.79 Å². The van der Waals surface area contributed by atoms with Gasteiger partial charge in [0.15, 0.2) is 0 Å². The number of amides is 1. The molecule has 2 N–H and O–H groups in total. The number of nitrogens with two attached hydrogens (primary N) is 1. The van der Waals surface area contributed by atoms with E-state index in [1.807, 2.05) is 25.9 Å². The van der Waals surface area contributed by atoms with Gasteiger partial charge < -0.3 is 10.6 Å². The fraction of sp³-hybridized carbons (Fsp3) is 0.857. The van der Waals surface area contributed by atoms with Crippen molar-refractivity contribution in [1.82, 2.24) is 4.90 Å². The maximum atomic E-state index is 10.7. The molecule has 1 unspecified atom stereocenters. The maximum Gasteiger partial charge on any atom is 0.221 e. The van der Waals surface area contributed by atoms with Gasteiger partial charge in [-0.25, -0.2) is 0 Å². The van der Waals surface area contributed by atoms with E-state index in [2.05, 4.69) is 0 Å². The molecular weight excluding hydrogens is 128 g/mol. The highest BCUT2D eigenvalue weighted by atomic mass is 16.1. The van der Waals surface area contributed by atoms with Crippen molar-refractivity contribution in [2.75, 3.05) is 20.6 Å². The Kier molecular flexibility index (Phi) is 4.03. The van der Waals surface area contributed by atoms with E-state index in [1.165, 1.54) is 0 Å². The predicted molar refractivity (Wildman–Crippen MR) is 41.5 cm³/mol. The average Bonchev–Trinajstić information content (AvgIpc) is 1.81. The van der Waals surface area contributed by atoms with Crippen molar-refractivity contribution in [2.45, 2.75) is 13.3 Å². The van der Waals surface area contributed by atoms with Crippen LogP contribution in [0.5, 0.6) is 0 Å². The van der Waals surface area contributed by atoms with Crippen molar-refractivity contribution in [3.05, 3.63) is 0 Å². The Morgan fingerprint density at radius 1 is 1.60 bits per heavy atom. The second-order valence-electron chi connectivity index (χ2n) is 2.77. The maximum absolute atomic E-state index is 10.7. The standard InChI is InChI=1S/C7H16N2O/c1-4-6(7(8)10)5-9(2)3/h6H,4-5H2,1-3H3,(H2,8,10). The lowest BCUT2D eigenvalue weighted by atomic mass is 10.1. The van der Waals surface area contributed by atoms with Gasteiger partial charge in [-0.1, -0.05) is 6.92 Å². The monoisotopic (exact) mass is 144 g/mol. The topological polar surface area (TPSA) is 46.3 Å². The summed E-state index contributed by atoms with van der Waals surface area (Å²) < 4.78 is 0. The second kappa shape index (κ2) is 4.28. The minimum Gasteiger partial charge on any atom is -0.369 e. The van der Waals surface area contributed by atoms with E-state index < -0.39 is 0 Å². The first-order chi connectivity index (χ1) is 4.57. The molecule has 0 aliphatic carbocycles. The quantitative estimate of drug-likeness (QED) is 0.606. The number of hydrogen-bond donors (Lipinski definition) is 1. The third kappa shape index (κ3) is 3.45. The van der Waals surface area contributed by atoms with E-state index in [0.29, 0.717) is 0 Å². The molecule has 0 aromatic carbocycles. The van der Waals surface area contributed by atoms with Crippen LogP contribution in [0.4, 0.5) is 0 Å². The smallest absolute Gasteiger partial charge is 0.221 e. The van der Waals surface area contributed by atoms with E-state index in [9.17, 15) is 4.79 Å². The predicted octanol–water partition coefficient (Wildman–Crippen LogP) is 0.0595. The molecule has 0 bridgehead atoms. The van der Waals surface area contributed by atoms with E-state index in [-0.39, 0.29) is 11.8 Å². The van der Waals surface area contributed by atoms with Gasteiger partial charge in [-0.15, -0.1) is 0 Å². The molecule has 0 heterocycles. The molecule has 0 rings (SSSR count). The Labute approximate surface area is 62.2 Å². The molecule has 1 amide bonds. The van der Waals surface area contributed by atoms with Gasteiger partial charge in [0.05, 0.1) is 5.92 Å². The molecule has 10 heavy (non-hydrogen) atoms. The van der Waals surface area contributed by atoms with Crippen molar-refractivity contribution in [1.29, 1.82) is 0 Å². The van der Waals surface area contributed by atoms with E-state index >= 15 is 0 Å². The Hall–Kier alpha value is -0.570. The van der Waals surface area contributed by atoms with Crippen LogP contribution in [0.2, 0.25) is 0 Å². The van der Waals surface area contributed by atoms with E-state index in [0.717, 1.165) is 13.0 Å². The minimum absolute atomic E-state index is 0.00926. The fourth-order valence-electron chi connectivity index (χ4n) is 0.861. The molecule has 0 saturated heterocycles. The lowest BCUT2D eigenvalue weighted by Crippen LogP contribution is -2.31. The molecule has 0 fully saturated rings. The third-order valence-corrected chi connectivity index (χ3v) is 1.48. The molecule has 0 spiro atoms. The van der Waals surface area contributed by atoms with Crippen LogP contribution >= 0.6 is 0 Å². The zero-order chi connectivity index (χ0) is 8.15. The van der Waals surface area contributed by atoms with Crippen LogP contribution in [0, 0.1) is 5.92 Å². The van der Waals surface area contributed by atoms with Gasteiger partial charge in [-0.05, 0) is 20.5 Å². The van der Waals surface area contributed by atoms with Crippen LogP contribution < -0.4 is 5.73 Å². The lowest BCUT2D eigenvalue weighted by molar-refractivity contribution is -0.122. The zero-order valence-electron chi connectivity index (χ0n) is 6.92. The van der Waals surface area contributed by atoms with Crippen molar-refractivity contribution in [3.8, 4) is 0 Å². The van der Waals surface area contributed by atoms with Crippen LogP contribution in [-0.4, -0.2) is 31.4 Å². The Morgan fingerprint density at radius 2 is 2.10 bits per heavy atom. The molecule has 0 aromatic heterocycles. The molecule has 3 nitrogen and oxygen atoms in total. The number of nitrogens with zero attached hydrogens (tertiary/aromatic N) is 1. The number of primary amides is 1. The van der Waals surface area contributed by atoms with E-state index in [4.69, 9.17) is 5.73 Å². The van der Waals surface area contributed by atoms with Gasteiger partial charge in [0.25, 0.3) is 0 Å². The van der Waals surface area contributed by atoms with Crippen LogP contribution in [-0.2, 0) is 4.79 Å². The van der Waals surface area contributed by atoms with E-state index in [1.54, 1.807) is 0 Å². The molecule has 60 valence electrons. The summed E-state index contributed by atoms with van der Waals surface area (Å²) in [6.07, 6.45) is 0.827. The zero-order valence-corrected chi connectivity index (χ0v) is 6.92. The van der Waals surface area contributed by atoms with Crippen molar-refractivity contribution < 1.29 is 4.79 Å². The Balaban J connectivity index is 3.72. The summed E-state index contributed by atoms with van der Waals surface area (Å²) in [5.74, 6) is -0.189. The van der Waals surface area contributed by atoms with Crippen LogP contribution in [0.1, 0.15) is 13.3 Å². The van der Waals surface area contributed by atoms with Gasteiger partial charge in [-0.2, -0.15) is 0 Å². The summed E-state index contributed by atoms with van der Waals surface area (Å²) >= 11 is 0. The number of carbonyl (C=O) groups is 1. The van der Waals surface area contributed by atoms with Crippen LogP contribution in [0.15, 0.2) is 0 Å². The lowest BCUT2D eigenvalue weighted by Gasteiger charge is -2.15. The first kappa shape index (κ1) is 9.43. The number of hydrogen-bond acceptors (Lipinski definition) is 2. The molecular formula is C7H16N2O. The molecule has 0 aromatic rings. The highest BCUT2D eigenvalue weighted by Gasteiger charge is 2.12. The summed E-state index contributed by atoms with van der Waals surface area (Å²) in [5.41, 5.74) is 5.13. The van der Waals surface area contributed by atoms with Crippen molar-refractivity contribution >= 4 is 5.91 Å². The molecule has 0 aliphatic rings. The number of carbonyl (C=O) groups excluding carboxylic acids is 1. The van der Waals surface area contributed by atoms with Gasteiger partial charge in [0, 0.05) is 6.54 Å². The first-order valence-electron chi connectivity index (χ1n) is 3.52. The summed E-state index contributed by atoms with van der Waals surface area (Å²) in [4.78, 5) is 12.6. The molecule has 0 aliphatic heterocycles. The highest BCUT2D eigenvalue weighted by molar-refractivity contribution is 5.76. The summed E-state index contributed by atoms with van der Waals surface area (Å²) in [6, 6.07) is 0. The Bertz CT molecular complexity index is 112. The fourth-order valence-corrected chi connectivity index (χ4v) is 0.861. The molecule has 1 atom stereocenters. The van der Waals surface area contributed by atoms with Crippen LogP contribution in [0.3, 0.4) is 0 Å². The second-order valence-corrected chi connectivity index (χ2v) is 2.77. The summed E-state index contributed by atoms with van der Waals surface area (Å²) in [6.45, 7) is 2.73. The highest BCUT2D eigenvalue weighted by Crippen LogP contribution is 2.01. The largest absolute Gasteiger partial charge is 0.369 e.